The molecule has 0 amide bonds. The van der Waals surface area contributed by atoms with E-state index in [1.807, 2.05) is 31.2 Å². The Balaban J connectivity index is 1.89. The molecular formula is C23H24N2O5. The number of carbonyl (C=O) groups excluding carboxylic acids is 2. The third-order valence-electron chi connectivity index (χ3n) is 5.76. The predicted octanol–water partition coefficient (Wildman–Crippen LogP) is 3.63. The minimum absolute atomic E-state index is 0.0126. The summed E-state index contributed by atoms with van der Waals surface area (Å²) in [5, 5.41) is 16.9. The van der Waals surface area contributed by atoms with Gasteiger partial charge < -0.3 is 25.2 Å². The van der Waals surface area contributed by atoms with Gasteiger partial charge in [0, 0.05) is 11.3 Å². The van der Waals surface area contributed by atoms with Crippen LogP contribution in [-0.2, 0) is 14.3 Å². The van der Waals surface area contributed by atoms with Gasteiger partial charge in [-0.25, -0.2) is 0 Å². The molecule has 0 bridgehead atoms. The zero-order chi connectivity index (χ0) is 21.4. The highest BCUT2D eigenvalue weighted by molar-refractivity contribution is 6.11. The molecule has 1 aliphatic heterocycles. The van der Waals surface area contributed by atoms with Crippen molar-refractivity contribution in [2.75, 3.05) is 24.9 Å². The molecule has 4 rings (SSSR count). The van der Waals surface area contributed by atoms with Crippen LogP contribution in [0.15, 0.2) is 53.7 Å². The number of nitrogens with one attached hydrogen (secondary N) is 2. The fourth-order valence-corrected chi connectivity index (χ4v) is 4.26. The molecule has 1 heterocycles. The highest BCUT2D eigenvalue weighted by Crippen LogP contribution is 2.44. The van der Waals surface area contributed by atoms with Crippen LogP contribution >= 0.6 is 0 Å². The summed E-state index contributed by atoms with van der Waals surface area (Å²) >= 11 is 0. The Morgan fingerprint density at radius 2 is 1.87 bits per heavy atom. The second kappa shape index (κ2) is 7.74. The van der Waals surface area contributed by atoms with Crippen molar-refractivity contribution in [1.29, 1.82) is 0 Å². The number of methoxy groups -OCH3 is 2. The number of ether oxygens (including phenoxy) is 2. The van der Waals surface area contributed by atoms with E-state index in [2.05, 4.69) is 10.6 Å². The van der Waals surface area contributed by atoms with Crippen molar-refractivity contribution in [3.8, 4) is 11.5 Å². The molecule has 2 aliphatic rings. The number of Topliss-reactive ketones (excluding diaryl/α,β-unsaturated/α-hetero) is 1. The van der Waals surface area contributed by atoms with Crippen molar-refractivity contribution in [2.45, 2.75) is 19.4 Å². The van der Waals surface area contributed by atoms with E-state index < -0.39 is 17.9 Å². The van der Waals surface area contributed by atoms with E-state index in [0.29, 0.717) is 17.7 Å². The van der Waals surface area contributed by atoms with Crippen LogP contribution in [0.3, 0.4) is 0 Å². The van der Waals surface area contributed by atoms with Gasteiger partial charge in [-0.1, -0.05) is 25.1 Å². The second-order valence-corrected chi connectivity index (χ2v) is 7.62. The summed E-state index contributed by atoms with van der Waals surface area (Å²) in [4.78, 5) is 26.0. The molecule has 1 aliphatic carbocycles. The van der Waals surface area contributed by atoms with Crippen LogP contribution in [0.25, 0.3) is 0 Å². The molecule has 7 heteroatoms. The molecule has 0 radical (unpaired) electrons. The van der Waals surface area contributed by atoms with Crippen molar-refractivity contribution < 1.29 is 24.2 Å². The summed E-state index contributed by atoms with van der Waals surface area (Å²) in [6.45, 7) is 1.88. The number of fused-ring (bicyclic) bond motifs is 1. The van der Waals surface area contributed by atoms with Crippen LogP contribution in [0.1, 0.15) is 24.9 Å². The summed E-state index contributed by atoms with van der Waals surface area (Å²) in [6.07, 6.45) is 0.530. The van der Waals surface area contributed by atoms with Crippen LogP contribution in [0.4, 0.5) is 11.4 Å². The Labute approximate surface area is 174 Å². The van der Waals surface area contributed by atoms with Crippen LogP contribution in [0.2, 0.25) is 0 Å². The van der Waals surface area contributed by atoms with E-state index in [1.165, 1.54) is 20.3 Å². The van der Waals surface area contributed by atoms with Crippen molar-refractivity contribution in [2.24, 2.45) is 11.8 Å². The number of carbonyl (C=O) groups is 2. The fourth-order valence-electron chi connectivity index (χ4n) is 4.26. The average molecular weight is 408 g/mol. The topological polar surface area (TPSA) is 96.9 Å². The first-order chi connectivity index (χ1) is 14.4. The number of aromatic hydroxyl groups is 1. The van der Waals surface area contributed by atoms with Crippen LogP contribution in [0, 0.1) is 11.8 Å². The number of hydrogen-bond donors (Lipinski definition) is 3. The van der Waals surface area contributed by atoms with Crippen molar-refractivity contribution >= 4 is 23.1 Å². The van der Waals surface area contributed by atoms with Crippen molar-refractivity contribution in [3.05, 3.63) is 59.3 Å². The summed E-state index contributed by atoms with van der Waals surface area (Å²) in [7, 11) is 2.77. The van der Waals surface area contributed by atoms with E-state index in [0.717, 1.165) is 22.6 Å². The number of esters is 1. The normalized spacial score (nSPS) is 22.8. The first-order valence-corrected chi connectivity index (χ1v) is 9.79. The molecule has 156 valence electrons. The maximum absolute atomic E-state index is 13.6. The smallest absolute Gasteiger partial charge is 0.316 e. The predicted molar refractivity (Wildman–Crippen MR) is 112 cm³/mol. The Morgan fingerprint density at radius 3 is 2.57 bits per heavy atom. The molecule has 2 aromatic rings. The molecule has 0 aromatic heterocycles. The lowest BCUT2D eigenvalue weighted by Crippen LogP contribution is -2.39. The van der Waals surface area contributed by atoms with Gasteiger partial charge in [0.05, 0.1) is 31.6 Å². The lowest BCUT2D eigenvalue weighted by atomic mass is 9.75. The number of allylic oxidation sites excluding steroid dienone is 1. The lowest BCUT2D eigenvalue weighted by molar-refractivity contribution is -0.151. The van der Waals surface area contributed by atoms with Gasteiger partial charge in [0.15, 0.2) is 17.3 Å². The first kappa shape index (κ1) is 19.8. The summed E-state index contributed by atoms with van der Waals surface area (Å²) in [5.41, 5.74) is 3.70. The summed E-state index contributed by atoms with van der Waals surface area (Å²) in [6, 6.07) is 12.1. The Hall–Kier alpha value is -3.48. The minimum Gasteiger partial charge on any atom is -0.504 e. The largest absolute Gasteiger partial charge is 0.504 e. The molecule has 3 atom stereocenters. The maximum atomic E-state index is 13.6. The molecule has 2 aromatic carbocycles. The number of phenols is 1. The second-order valence-electron chi connectivity index (χ2n) is 7.62. The highest BCUT2D eigenvalue weighted by Gasteiger charge is 2.44. The van der Waals surface area contributed by atoms with Gasteiger partial charge in [0.25, 0.3) is 0 Å². The quantitative estimate of drug-likeness (QED) is 0.527. The Kier molecular flexibility index (Phi) is 5.11. The number of benzene rings is 2. The first-order valence-electron chi connectivity index (χ1n) is 9.79. The lowest BCUT2D eigenvalue weighted by Gasteiger charge is -2.32. The van der Waals surface area contributed by atoms with Crippen LogP contribution < -0.4 is 15.4 Å². The zero-order valence-corrected chi connectivity index (χ0v) is 17.1. The van der Waals surface area contributed by atoms with Gasteiger partial charge in [-0.2, -0.15) is 0 Å². The number of phenolic OH excluding ortho intramolecular Hbond substituents is 1. The van der Waals surface area contributed by atoms with E-state index >= 15 is 0 Å². The Bertz CT molecular complexity index is 1050. The minimum atomic E-state index is -0.861. The van der Waals surface area contributed by atoms with Crippen molar-refractivity contribution in [1.82, 2.24) is 0 Å². The molecular weight excluding hydrogens is 384 g/mol. The van der Waals surface area contributed by atoms with E-state index in [9.17, 15) is 14.7 Å². The molecule has 0 spiro atoms. The molecule has 0 fully saturated rings. The molecule has 30 heavy (non-hydrogen) atoms. The Morgan fingerprint density at radius 1 is 1.13 bits per heavy atom. The zero-order valence-electron chi connectivity index (χ0n) is 17.1. The number of ketones is 1. The van der Waals surface area contributed by atoms with Crippen LogP contribution in [0.5, 0.6) is 11.5 Å². The number of anilines is 2. The van der Waals surface area contributed by atoms with Gasteiger partial charge in [-0.05, 0) is 42.2 Å². The van der Waals surface area contributed by atoms with E-state index in [4.69, 9.17) is 9.47 Å². The van der Waals surface area contributed by atoms with Gasteiger partial charge >= 0.3 is 5.97 Å². The standard InChI is InChI=1S/C23H24N2O5/c1-12-10-16-20(22(27)19(12)23(28)30-3)21(13-8-9-17(26)18(11-13)29-2)25-15-7-5-4-6-14(15)24-16/h4-9,11-12,19,21,24-26H,10H2,1-3H3/t12-,19+,21+/m1/s1. The van der Waals surface area contributed by atoms with E-state index in [1.54, 1.807) is 12.1 Å². The number of para-hydroxylation sites is 2. The fraction of sp³-hybridized carbons (Fsp3) is 0.304. The molecule has 3 N–H and O–H groups in total. The van der Waals surface area contributed by atoms with Gasteiger partial charge in [0.2, 0.25) is 0 Å². The van der Waals surface area contributed by atoms with Gasteiger partial charge in [-0.3, -0.25) is 9.59 Å². The molecule has 0 saturated heterocycles. The van der Waals surface area contributed by atoms with Crippen molar-refractivity contribution in [3.63, 3.8) is 0 Å². The molecule has 7 nitrogen and oxygen atoms in total. The number of rotatable bonds is 3. The molecule has 0 unspecified atom stereocenters. The summed E-state index contributed by atoms with van der Waals surface area (Å²) < 4.78 is 10.2. The van der Waals surface area contributed by atoms with E-state index in [-0.39, 0.29) is 17.5 Å². The monoisotopic (exact) mass is 408 g/mol. The number of hydrogen-bond acceptors (Lipinski definition) is 7. The molecule has 0 saturated carbocycles. The maximum Gasteiger partial charge on any atom is 0.316 e. The SMILES string of the molecule is COC(=O)[C@@H]1C(=O)C2=C(C[C@H]1C)Nc1ccccc1N[C@H]2c1ccc(O)c(OC)c1. The van der Waals surface area contributed by atoms with Gasteiger partial charge in [-0.15, -0.1) is 0 Å². The highest BCUT2D eigenvalue weighted by atomic mass is 16.5. The van der Waals surface area contributed by atoms with Crippen LogP contribution in [-0.4, -0.2) is 31.1 Å². The third kappa shape index (κ3) is 3.26. The average Bonchev–Trinajstić information content (AvgIpc) is 2.90. The summed E-state index contributed by atoms with van der Waals surface area (Å²) in [5.74, 6) is -1.53. The third-order valence-corrected chi connectivity index (χ3v) is 5.76. The van der Waals surface area contributed by atoms with Gasteiger partial charge in [0.1, 0.15) is 5.92 Å².